The minimum atomic E-state index is -4.19. The van der Waals surface area contributed by atoms with Gasteiger partial charge in [-0.25, -0.2) is 13.2 Å². The fourth-order valence-electron chi connectivity index (χ4n) is 5.56. The van der Waals surface area contributed by atoms with Crippen molar-refractivity contribution in [1.29, 1.82) is 0 Å². The van der Waals surface area contributed by atoms with Crippen molar-refractivity contribution in [2.75, 3.05) is 31.6 Å². The molecule has 2 aromatic carbocycles. The van der Waals surface area contributed by atoms with Crippen LogP contribution in [0.15, 0.2) is 59.8 Å². The summed E-state index contributed by atoms with van der Waals surface area (Å²) in [6.07, 6.45) is 3.90. The van der Waals surface area contributed by atoms with Gasteiger partial charge in [-0.3, -0.25) is 19.5 Å². The van der Waals surface area contributed by atoms with E-state index in [9.17, 15) is 22.8 Å². The molecule has 16 heteroatoms. The van der Waals surface area contributed by atoms with E-state index >= 15 is 0 Å². The second kappa shape index (κ2) is 15.1. The number of amides is 2. The number of rotatable bonds is 11. The van der Waals surface area contributed by atoms with E-state index < -0.39 is 39.9 Å². The third-order valence-electron chi connectivity index (χ3n) is 8.01. The highest BCUT2D eigenvalue weighted by molar-refractivity contribution is 7.89. The Labute approximate surface area is 292 Å². The predicted molar refractivity (Wildman–Crippen MR) is 180 cm³/mol. The van der Waals surface area contributed by atoms with Crippen LogP contribution in [-0.2, 0) is 30.8 Å². The van der Waals surface area contributed by atoms with Crippen LogP contribution in [0.2, 0.25) is 20.1 Å². The van der Waals surface area contributed by atoms with Crippen molar-refractivity contribution in [1.82, 2.24) is 19.5 Å². The van der Waals surface area contributed by atoms with Gasteiger partial charge in [0.05, 0.1) is 27.1 Å². The van der Waals surface area contributed by atoms with Gasteiger partial charge in [0.2, 0.25) is 15.9 Å². The molecule has 3 atom stereocenters. The van der Waals surface area contributed by atoms with Gasteiger partial charge in [0.1, 0.15) is 12.1 Å². The highest BCUT2D eigenvalue weighted by Gasteiger charge is 2.47. The van der Waals surface area contributed by atoms with Gasteiger partial charge in [-0.15, -0.1) is 0 Å². The number of sulfonamides is 1. The number of halogens is 4. The molecule has 5 rings (SSSR count). The number of carbonyl (C=O) groups is 3. The van der Waals surface area contributed by atoms with Crippen molar-refractivity contribution in [2.45, 2.75) is 49.2 Å². The van der Waals surface area contributed by atoms with Crippen molar-refractivity contribution in [3.05, 3.63) is 86.1 Å². The molecule has 2 fully saturated rings. The summed E-state index contributed by atoms with van der Waals surface area (Å²) in [5.41, 5.74) is 1.16. The van der Waals surface area contributed by atoms with Gasteiger partial charge in [-0.1, -0.05) is 58.5 Å². The number of hydrogen-bond donors (Lipinski definition) is 2. The Balaban J connectivity index is 1.34. The van der Waals surface area contributed by atoms with Crippen molar-refractivity contribution in [2.24, 2.45) is 0 Å². The molecule has 2 aliphatic heterocycles. The molecule has 0 bridgehead atoms. The third kappa shape index (κ3) is 8.19. The highest BCUT2D eigenvalue weighted by atomic mass is 35.5. The van der Waals surface area contributed by atoms with E-state index in [1.54, 1.807) is 31.2 Å². The summed E-state index contributed by atoms with van der Waals surface area (Å²) in [6.45, 7) is 3.43. The molecule has 0 radical (unpaired) electrons. The first-order valence-corrected chi connectivity index (χ1v) is 17.7. The lowest BCUT2D eigenvalue weighted by Gasteiger charge is -2.36. The largest absolute Gasteiger partial charge is 0.464 e. The van der Waals surface area contributed by atoms with Gasteiger partial charge in [0.15, 0.2) is 0 Å². The summed E-state index contributed by atoms with van der Waals surface area (Å²) < 4.78 is 34.1. The zero-order valence-corrected chi connectivity index (χ0v) is 28.9. The van der Waals surface area contributed by atoms with Crippen LogP contribution in [0.4, 0.5) is 5.69 Å². The molecule has 2 saturated heterocycles. The van der Waals surface area contributed by atoms with E-state index in [0.29, 0.717) is 11.3 Å². The molecule has 1 aromatic heterocycles. The molecular formula is C31H31Cl4N5O6S. The average molecular weight is 743 g/mol. The lowest BCUT2D eigenvalue weighted by atomic mass is 10.0. The minimum Gasteiger partial charge on any atom is -0.464 e. The Morgan fingerprint density at radius 1 is 1.00 bits per heavy atom. The normalized spacial score (nSPS) is 19.1. The van der Waals surface area contributed by atoms with E-state index in [0.717, 1.165) is 23.8 Å². The number of nitrogens with zero attached hydrogens (tertiary/aromatic N) is 3. The van der Waals surface area contributed by atoms with Gasteiger partial charge in [0.25, 0.3) is 5.91 Å². The van der Waals surface area contributed by atoms with E-state index in [4.69, 9.17) is 51.1 Å². The zero-order valence-electron chi connectivity index (χ0n) is 25.1. The van der Waals surface area contributed by atoms with Crippen LogP contribution >= 0.6 is 46.4 Å². The van der Waals surface area contributed by atoms with Gasteiger partial charge in [0, 0.05) is 47.1 Å². The number of hydrogen-bond acceptors (Lipinski definition) is 8. The SMILES string of the molecule is CCOC(=O)[C@H](Cc1ccc(NC(=O)c2c(Cl)cncc2Cl)cc1)NC(=O)[C@@H]1C[C@H](N2CCC2)CN1S(=O)(=O)c1cc(Cl)cc(Cl)c1. The van der Waals surface area contributed by atoms with Crippen molar-refractivity contribution >= 4 is 79.9 Å². The fourth-order valence-corrected chi connectivity index (χ4v) is 8.46. The molecule has 2 aliphatic rings. The maximum atomic E-state index is 13.8. The molecule has 11 nitrogen and oxygen atoms in total. The number of carbonyl (C=O) groups excluding carboxylic acids is 3. The molecule has 0 aliphatic carbocycles. The quantitative estimate of drug-likeness (QED) is 0.260. The summed E-state index contributed by atoms with van der Waals surface area (Å²) >= 11 is 24.4. The number of benzene rings is 2. The summed E-state index contributed by atoms with van der Waals surface area (Å²) in [5, 5.41) is 5.95. The maximum absolute atomic E-state index is 13.8. The number of pyridine rings is 1. The van der Waals surface area contributed by atoms with Crippen LogP contribution in [0.1, 0.15) is 35.7 Å². The summed E-state index contributed by atoms with van der Waals surface area (Å²) in [4.78, 5) is 45.5. The van der Waals surface area contributed by atoms with E-state index in [1.807, 2.05) is 0 Å². The Kier molecular flexibility index (Phi) is 11.3. The number of likely N-dealkylation sites (tertiary alicyclic amines) is 1. The topological polar surface area (TPSA) is 138 Å². The molecule has 3 aromatic rings. The molecule has 250 valence electrons. The first-order chi connectivity index (χ1) is 22.4. The molecule has 0 spiro atoms. The van der Waals surface area contributed by atoms with Crippen molar-refractivity contribution < 1.29 is 27.5 Å². The Morgan fingerprint density at radius 3 is 2.21 bits per heavy atom. The van der Waals surface area contributed by atoms with Crippen LogP contribution < -0.4 is 10.6 Å². The van der Waals surface area contributed by atoms with Crippen LogP contribution in [-0.4, -0.2) is 84.8 Å². The zero-order chi connectivity index (χ0) is 33.9. The lowest BCUT2D eigenvalue weighted by molar-refractivity contribution is -0.147. The summed E-state index contributed by atoms with van der Waals surface area (Å²) in [5.74, 6) is -1.83. The molecule has 0 saturated carbocycles. The number of esters is 1. The Hall–Kier alpha value is -2.97. The second-order valence-corrected chi connectivity index (χ2v) is 14.7. The van der Waals surface area contributed by atoms with Crippen LogP contribution in [0, 0.1) is 0 Å². The molecule has 3 heterocycles. The minimum absolute atomic E-state index is 0.0414. The van der Waals surface area contributed by atoms with Gasteiger partial charge in [-0.2, -0.15) is 4.31 Å². The number of nitrogens with one attached hydrogen (secondary N) is 2. The van der Waals surface area contributed by atoms with E-state index in [2.05, 4.69) is 20.5 Å². The van der Waals surface area contributed by atoms with Crippen molar-refractivity contribution in [3.63, 3.8) is 0 Å². The lowest BCUT2D eigenvalue weighted by Crippen LogP contribution is -2.51. The van der Waals surface area contributed by atoms with Gasteiger partial charge < -0.3 is 15.4 Å². The number of aromatic nitrogens is 1. The monoisotopic (exact) mass is 741 g/mol. The Morgan fingerprint density at radius 2 is 1.64 bits per heavy atom. The average Bonchev–Trinajstić information content (AvgIpc) is 3.42. The predicted octanol–water partition coefficient (Wildman–Crippen LogP) is 5.08. The van der Waals surface area contributed by atoms with E-state index in [-0.39, 0.29) is 62.6 Å². The van der Waals surface area contributed by atoms with Gasteiger partial charge in [-0.05, 0) is 68.8 Å². The first-order valence-electron chi connectivity index (χ1n) is 14.8. The highest BCUT2D eigenvalue weighted by Crippen LogP contribution is 2.33. The van der Waals surface area contributed by atoms with Gasteiger partial charge >= 0.3 is 5.97 Å². The molecular weight excluding hydrogens is 712 g/mol. The standard InChI is InChI=1S/C31H31Cl4N5O6S/c1-2-46-31(43)26(10-18-4-6-21(7-5-18)37-30(42)28-24(34)15-36-16-25(28)35)38-29(41)27-14-22(39-8-3-9-39)17-40(27)47(44,45)23-12-19(32)11-20(33)13-23/h4-7,11-13,15-16,22,26-27H,2-3,8-10,14,17H2,1H3,(H,37,42)(H,38,41)/t22-,26-,27-/m0/s1. The molecule has 2 N–H and O–H groups in total. The first kappa shape index (κ1) is 35.3. The molecule has 0 unspecified atom stereocenters. The fraction of sp³-hybridized carbons (Fsp3) is 0.355. The summed E-state index contributed by atoms with van der Waals surface area (Å²) in [6, 6.07) is 8.23. The van der Waals surface area contributed by atoms with Crippen molar-refractivity contribution in [3.8, 4) is 0 Å². The van der Waals surface area contributed by atoms with Crippen LogP contribution in [0.3, 0.4) is 0 Å². The van der Waals surface area contributed by atoms with E-state index in [1.165, 1.54) is 30.6 Å². The smallest absolute Gasteiger partial charge is 0.328 e. The third-order valence-corrected chi connectivity index (χ3v) is 10.9. The Bertz CT molecular complexity index is 1730. The number of ether oxygens (including phenoxy) is 1. The maximum Gasteiger partial charge on any atom is 0.328 e. The molecule has 2 amide bonds. The molecule has 47 heavy (non-hydrogen) atoms. The number of anilines is 1. The summed E-state index contributed by atoms with van der Waals surface area (Å²) in [7, 11) is -4.19. The second-order valence-electron chi connectivity index (χ2n) is 11.1. The van der Waals surface area contributed by atoms with Crippen LogP contribution in [0.5, 0.6) is 0 Å². The van der Waals surface area contributed by atoms with Crippen LogP contribution in [0.25, 0.3) is 0 Å².